The van der Waals surface area contributed by atoms with Crippen molar-refractivity contribution in [3.8, 4) is 0 Å². The molecule has 2 fully saturated rings. The Bertz CT molecular complexity index is 529. The Morgan fingerprint density at radius 1 is 1.14 bits per heavy atom. The zero-order valence-corrected chi connectivity index (χ0v) is 13.0. The molecule has 0 amide bonds. The highest BCUT2D eigenvalue weighted by atomic mass is 16.5. The summed E-state index contributed by atoms with van der Waals surface area (Å²) in [4.78, 5) is 0. The van der Waals surface area contributed by atoms with Gasteiger partial charge in [-0.3, -0.25) is 0 Å². The average molecular weight is 303 g/mol. The molecule has 120 valence electrons. The van der Waals surface area contributed by atoms with E-state index in [2.05, 4.69) is 29.6 Å². The molecule has 0 saturated carbocycles. The minimum atomic E-state index is -0.0795. The van der Waals surface area contributed by atoms with E-state index < -0.39 is 0 Å². The number of benzene rings is 1. The number of hydrogen-bond donors (Lipinski definition) is 2. The molecule has 2 heterocycles. The molecule has 2 aliphatic heterocycles. The standard InChI is InChI=1S/C18H25NO3/c20-11-17(12-22-13-17)10-19-16-15-4-2-1-3-14(15)9-18(16)5-7-21-8-6-18/h1-4,16,19-20H,5-13H2. The van der Waals surface area contributed by atoms with E-state index >= 15 is 0 Å². The van der Waals surface area contributed by atoms with Crippen LogP contribution in [0.5, 0.6) is 0 Å². The lowest BCUT2D eigenvalue weighted by molar-refractivity contribution is -0.137. The van der Waals surface area contributed by atoms with E-state index in [0.29, 0.717) is 19.3 Å². The van der Waals surface area contributed by atoms with Crippen molar-refractivity contribution in [3.05, 3.63) is 35.4 Å². The first-order valence-electron chi connectivity index (χ1n) is 8.35. The van der Waals surface area contributed by atoms with Crippen molar-refractivity contribution in [1.29, 1.82) is 0 Å². The van der Waals surface area contributed by atoms with Crippen molar-refractivity contribution < 1.29 is 14.6 Å². The third-order valence-corrected chi connectivity index (χ3v) is 5.84. The average Bonchev–Trinajstić information content (AvgIpc) is 2.80. The van der Waals surface area contributed by atoms with Gasteiger partial charge in [0.25, 0.3) is 0 Å². The summed E-state index contributed by atoms with van der Waals surface area (Å²) in [7, 11) is 0. The highest BCUT2D eigenvalue weighted by Crippen LogP contribution is 2.51. The summed E-state index contributed by atoms with van der Waals surface area (Å²) < 4.78 is 10.9. The maximum Gasteiger partial charge on any atom is 0.0579 e. The van der Waals surface area contributed by atoms with Gasteiger partial charge >= 0.3 is 0 Å². The first-order valence-corrected chi connectivity index (χ1v) is 8.35. The van der Waals surface area contributed by atoms with Crippen molar-refractivity contribution in [2.75, 3.05) is 39.6 Å². The summed E-state index contributed by atoms with van der Waals surface area (Å²) in [6, 6.07) is 9.18. The fourth-order valence-corrected chi connectivity index (χ4v) is 4.32. The molecular formula is C18H25NO3. The highest BCUT2D eigenvalue weighted by Gasteiger charge is 2.48. The number of fused-ring (bicyclic) bond motifs is 1. The van der Waals surface area contributed by atoms with Crippen LogP contribution >= 0.6 is 0 Å². The summed E-state index contributed by atoms with van der Waals surface area (Å²) in [6.07, 6.45) is 3.37. The molecule has 1 aliphatic carbocycles. The minimum absolute atomic E-state index is 0.0795. The summed E-state index contributed by atoms with van der Waals surface area (Å²) in [5.74, 6) is 0. The Kier molecular flexibility index (Phi) is 3.73. The number of aliphatic hydroxyl groups excluding tert-OH is 1. The molecule has 3 aliphatic rings. The van der Waals surface area contributed by atoms with Gasteiger partial charge < -0.3 is 19.9 Å². The molecule has 4 rings (SSSR count). The minimum Gasteiger partial charge on any atom is -0.396 e. The van der Waals surface area contributed by atoms with Gasteiger partial charge in [0, 0.05) is 25.8 Å². The van der Waals surface area contributed by atoms with Crippen LogP contribution in [0.25, 0.3) is 0 Å². The van der Waals surface area contributed by atoms with Crippen molar-refractivity contribution >= 4 is 0 Å². The lowest BCUT2D eigenvalue weighted by Gasteiger charge is -2.44. The van der Waals surface area contributed by atoms with Crippen LogP contribution in [0, 0.1) is 10.8 Å². The molecule has 1 aromatic rings. The van der Waals surface area contributed by atoms with Crippen LogP contribution in [-0.4, -0.2) is 44.7 Å². The first kappa shape index (κ1) is 14.6. The maximum atomic E-state index is 9.67. The fourth-order valence-electron chi connectivity index (χ4n) is 4.32. The van der Waals surface area contributed by atoms with Gasteiger partial charge in [0.1, 0.15) is 0 Å². The molecule has 2 saturated heterocycles. The van der Waals surface area contributed by atoms with E-state index in [-0.39, 0.29) is 17.4 Å². The normalized spacial score (nSPS) is 28.3. The van der Waals surface area contributed by atoms with Crippen LogP contribution in [-0.2, 0) is 15.9 Å². The van der Waals surface area contributed by atoms with Gasteiger partial charge in [-0.15, -0.1) is 0 Å². The third-order valence-electron chi connectivity index (χ3n) is 5.84. The number of hydrogen-bond acceptors (Lipinski definition) is 4. The zero-order valence-electron chi connectivity index (χ0n) is 13.0. The Labute approximate surface area is 131 Å². The van der Waals surface area contributed by atoms with Gasteiger partial charge in [-0.25, -0.2) is 0 Å². The smallest absolute Gasteiger partial charge is 0.0579 e. The fraction of sp³-hybridized carbons (Fsp3) is 0.667. The van der Waals surface area contributed by atoms with Gasteiger partial charge in [-0.1, -0.05) is 24.3 Å². The molecule has 0 bridgehead atoms. The Balaban J connectivity index is 1.58. The largest absolute Gasteiger partial charge is 0.396 e. The van der Waals surface area contributed by atoms with Gasteiger partial charge in [0.05, 0.1) is 25.2 Å². The Hall–Kier alpha value is -0.940. The van der Waals surface area contributed by atoms with Crippen LogP contribution in [0.2, 0.25) is 0 Å². The molecule has 22 heavy (non-hydrogen) atoms. The van der Waals surface area contributed by atoms with Crippen molar-refractivity contribution in [2.24, 2.45) is 10.8 Å². The summed E-state index contributed by atoms with van der Waals surface area (Å²) >= 11 is 0. The molecule has 4 nitrogen and oxygen atoms in total. The maximum absolute atomic E-state index is 9.67. The molecule has 1 spiro atoms. The summed E-state index contributed by atoms with van der Waals surface area (Å²) in [5.41, 5.74) is 3.12. The van der Waals surface area contributed by atoms with Crippen LogP contribution in [0.15, 0.2) is 24.3 Å². The lowest BCUT2D eigenvalue weighted by Crippen LogP contribution is -2.54. The second-order valence-corrected chi connectivity index (χ2v) is 7.32. The molecule has 0 radical (unpaired) electrons. The highest BCUT2D eigenvalue weighted by molar-refractivity contribution is 5.38. The van der Waals surface area contributed by atoms with E-state index in [1.54, 1.807) is 0 Å². The molecule has 1 aromatic carbocycles. The second-order valence-electron chi connectivity index (χ2n) is 7.32. The van der Waals surface area contributed by atoms with Crippen LogP contribution in [0.4, 0.5) is 0 Å². The zero-order chi connectivity index (χ0) is 15.0. The molecule has 4 heteroatoms. The second kappa shape index (κ2) is 5.60. The molecule has 1 atom stereocenters. The van der Waals surface area contributed by atoms with E-state index in [1.165, 1.54) is 11.1 Å². The van der Waals surface area contributed by atoms with Gasteiger partial charge in [0.15, 0.2) is 0 Å². The predicted molar refractivity (Wildman–Crippen MR) is 83.7 cm³/mol. The van der Waals surface area contributed by atoms with Crippen LogP contribution < -0.4 is 5.32 Å². The Morgan fingerprint density at radius 3 is 2.59 bits per heavy atom. The van der Waals surface area contributed by atoms with E-state index in [0.717, 1.165) is 39.0 Å². The van der Waals surface area contributed by atoms with E-state index in [9.17, 15) is 5.11 Å². The quantitative estimate of drug-likeness (QED) is 0.888. The topological polar surface area (TPSA) is 50.7 Å². The number of rotatable bonds is 4. The predicted octanol–water partition coefficient (Wildman–Crippen LogP) is 1.68. The Morgan fingerprint density at radius 2 is 1.91 bits per heavy atom. The summed E-state index contributed by atoms with van der Waals surface area (Å²) in [5, 5.41) is 13.5. The lowest BCUT2D eigenvalue weighted by atomic mass is 9.73. The third kappa shape index (κ3) is 2.29. The van der Waals surface area contributed by atoms with Gasteiger partial charge in [0.2, 0.25) is 0 Å². The molecular weight excluding hydrogens is 278 g/mol. The van der Waals surface area contributed by atoms with Crippen molar-refractivity contribution in [2.45, 2.75) is 25.3 Å². The molecule has 0 aromatic heterocycles. The van der Waals surface area contributed by atoms with Crippen LogP contribution in [0.3, 0.4) is 0 Å². The van der Waals surface area contributed by atoms with E-state index in [4.69, 9.17) is 9.47 Å². The van der Waals surface area contributed by atoms with Crippen LogP contribution in [0.1, 0.15) is 30.0 Å². The number of ether oxygens (including phenoxy) is 2. The number of nitrogens with one attached hydrogen (secondary N) is 1. The van der Waals surface area contributed by atoms with Gasteiger partial charge in [-0.05, 0) is 35.8 Å². The molecule has 1 unspecified atom stereocenters. The van der Waals surface area contributed by atoms with E-state index in [1.807, 2.05) is 0 Å². The van der Waals surface area contributed by atoms with Crippen molar-refractivity contribution in [3.63, 3.8) is 0 Å². The first-order chi connectivity index (χ1) is 10.8. The monoisotopic (exact) mass is 303 g/mol. The SMILES string of the molecule is OCC1(CNC2c3ccccc3CC23CCOCC3)COC1. The molecule has 2 N–H and O–H groups in total. The number of aliphatic hydroxyl groups is 1. The van der Waals surface area contributed by atoms with Crippen molar-refractivity contribution in [1.82, 2.24) is 5.32 Å². The summed E-state index contributed by atoms with van der Waals surface area (Å²) in [6.45, 7) is 4.08. The van der Waals surface area contributed by atoms with Gasteiger partial charge in [-0.2, -0.15) is 0 Å².